The number of fused-ring (bicyclic) bond motifs is 2. The molecular weight excluding hydrogens is 386 g/mol. The lowest BCUT2D eigenvalue weighted by Gasteiger charge is -2.39. The van der Waals surface area contributed by atoms with Gasteiger partial charge in [0.2, 0.25) is 12.0 Å². The van der Waals surface area contributed by atoms with Gasteiger partial charge in [-0.3, -0.25) is 0 Å². The van der Waals surface area contributed by atoms with Crippen molar-refractivity contribution in [3.05, 3.63) is 24.5 Å². The summed E-state index contributed by atoms with van der Waals surface area (Å²) in [7, 11) is 2.96. The number of hydrogen-bond acceptors (Lipinski definition) is 10. The normalized spacial score (nSPS) is 27.3. The van der Waals surface area contributed by atoms with Gasteiger partial charge in [-0.2, -0.15) is 0 Å². The number of ether oxygens (including phenoxy) is 4. The molecule has 3 aromatic rings. The Bertz CT molecular complexity index is 1020. The van der Waals surface area contributed by atoms with Crippen LogP contribution in [0, 0.1) is 0 Å². The molecule has 5 atom stereocenters. The van der Waals surface area contributed by atoms with Crippen LogP contribution in [-0.2, 0) is 4.74 Å². The van der Waals surface area contributed by atoms with Crippen molar-refractivity contribution in [2.24, 2.45) is 0 Å². The molecule has 1 saturated heterocycles. The lowest BCUT2D eigenvalue weighted by Crippen LogP contribution is -2.60. The van der Waals surface area contributed by atoms with Gasteiger partial charge in [-0.1, -0.05) is 0 Å². The first-order chi connectivity index (χ1) is 14.0. The molecular formula is C19H21NO9. The van der Waals surface area contributed by atoms with E-state index in [4.69, 9.17) is 23.4 Å². The van der Waals surface area contributed by atoms with Crippen LogP contribution in [0.1, 0.15) is 0 Å². The number of nitrogens with zero attached hydrogens (tertiary/aromatic N) is 1. The number of aliphatic hydroxyl groups is 4. The van der Waals surface area contributed by atoms with E-state index in [-0.39, 0.29) is 11.5 Å². The molecule has 29 heavy (non-hydrogen) atoms. The zero-order valence-electron chi connectivity index (χ0n) is 15.7. The number of pyridine rings is 1. The number of aromatic nitrogens is 1. The van der Waals surface area contributed by atoms with Crippen molar-refractivity contribution in [2.75, 3.05) is 20.8 Å². The molecule has 0 radical (unpaired) electrons. The minimum atomic E-state index is -1.56. The molecule has 0 aliphatic carbocycles. The monoisotopic (exact) mass is 407 g/mol. The lowest BCUT2D eigenvalue weighted by atomic mass is 9.99. The highest BCUT2D eigenvalue weighted by atomic mass is 16.7. The van der Waals surface area contributed by atoms with Crippen LogP contribution in [0.3, 0.4) is 0 Å². The van der Waals surface area contributed by atoms with E-state index >= 15 is 0 Å². The molecule has 10 heteroatoms. The van der Waals surface area contributed by atoms with Crippen molar-refractivity contribution < 1.29 is 43.8 Å². The van der Waals surface area contributed by atoms with Crippen LogP contribution in [0.2, 0.25) is 0 Å². The fraction of sp³-hybridized carbons (Fsp3) is 0.421. The Kier molecular flexibility index (Phi) is 5.19. The smallest absolute Gasteiger partial charge is 0.230 e. The Balaban J connectivity index is 1.77. The summed E-state index contributed by atoms with van der Waals surface area (Å²) in [5.41, 5.74) is 0.742. The molecule has 0 saturated carbocycles. The van der Waals surface area contributed by atoms with Crippen LogP contribution in [0.25, 0.3) is 22.0 Å². The zero-order valence-corrected chi connectivity index (χ0v) is 15.7. The molecule has 0 spiro atoms. The van der Waals surface area contributed by atoms with Gasteiger partial charge in [-0.25, -0.2) is 4.98 Å². The van der Waals surface area contributed by atoms with E-state index in [1.54, 1.807) is 18.2 Å². The third-order valence-corrected chi connectivity index (χ3v) is 4.94. The summed E-state index contributed by atoms with van der Waals surface area (Å²) >= 11 is 0. The third-order valence-electron chi connectivity index (χ3n) is 4.94. The van der Waals surface area contributed by atoms with Crippen LogP contribution in [0.15, 0.2) is 28.9 Å². The maximum Gasteiger partial charge on any atom is 0.230 e. The maximum absolute atomic E-state index is 10.2. The second-order valence-corrected chi connectivity index (χ2v) is 6.59. The third kappa shape index (κ3) is 3.15. The fourth-order valence-corrected chi connectivity index (χ4v) is 3.45. The maximum atomic E-state index is 10.2. The Morgan fingerprint density at radius 1 is 0.966 bits per heavy atom. The van der Waals surface area contributed by atoms with Crippen molar-refractivity contribution >= 4 is 22.0 Å². The standard InChI is InChI=1S/C19H21NO9/c1-25-16-8-3-4-10(17(26-2)12(8)20-18-9(16)5-6-27-18)28-19-15(24)14(23)13(22)11(7-21)29-19/h3-6,11,13-15,19,21-24H,7H2,1-2H3/t11-,13+,14+,15-,19-/m0/s1. The first-order valence-electron chi connectivity index (χ1n) is 8.89. The van der Waals surface area contributed by atoms with Gasteiger partial charge in [0.05, 0.1) is 32.5 Å². The summed E-state index contributed by atoms with van der Waals surface area (Å²) < 4.78 is 27.5. The minimum Gasteiger partial charge on any atom is -0.495 e. The number of rotatable bonds is 5. The van der Waals surface area contributed by atoms with Gasteiger partial charge >= 0.3 is 0 Å². The number of hydrogen-bond donors (Lipinski definition) is 4. The quantitative estimate of drug-likeness (QED) is 0.462. The topological polar surface area (TPSA) is 144 Å². The molecule has 1 aromatic carbocycles. The predicted octanol–water partition coefficient (Wildman–Crippen LogP) is 0.177. The van der Waals surface area contributed by atoms with Crippen molar-refractivity contribution in [1.82, 2.24) is 4.98 Å². The molecule has 0 unspecified atom stereocenters. The summed E-state index contributed by atoms with van der Waals surface area (Å²) in [5, 5.41) is 40.8. The largest absolute Gasteiger partial charge is 0.495 e. The highest BCUT2D eigenvalue weighted by Crippen LogP contribution is 2.42. The highest BCUT2D eigenvalue weighted by Gasteiger charge is 2.45. The summed E-state index contributed by atoms with van der Waals surface area (Å²) in [4.78, 5) is 4.46. The molecule has 2 aromatic heterocycles. The van der Waals surface area contributed by atoms with Gasteiger partial charge in [-0.15, -0.1) is 0 Å². The Morgan fingerprint density at radius 3 is 2.41 bits per heavy atom. The van der Waals surface area contributed by atoms with E-state index in [1.165, 1.54) is 20.5 Å². The van der Waals surface area contributed by atoms with E-state index < -0.39 is 37.3 Å². The molecule has 3 heterocycles. The molecule has 4 rings (SSSR count). The van der Waals surface area contributed by atoms with Gasteiger partial charge in [0, 0.05) is 5.39 Å². The minimum absolute atomic E-state index is 0.171. The van der Waals surface area contributed by atoms with E-state index in [0.717, 1.165) is 0 Å². The van der Waals surface area contributed by atoms with Crippen LogP contribution in [0.4, 0.5) is 0 Å². The Labute approximate surface area is 164 Å². The van der Waals surface area contributed by atoms with Crippen LogP contribution in [0.5, 0.6) is 17.2 Å². The van der Waals surface area contributed by atoms with Crippen LogP contribution in [-0.4, -0.2) is 76.9 Å². The first kappa shape index (κ1) is 19.7. The van der Waals surface area contributed by atoms with Crippen LogP contribution < -0.4 is 14.2 Å². The van der Waals surface area contributed by atoms with Gasteiger partial charge < -0.3 is 43.8 Å². The highest BCUT2D eigenvalue weighted by molar-refractivity contribution is 6.02. The van der Waals surface area contributed by atoms with E-state index in [1.807, 2.05) is 0 Å². The van der Waals surface area contributed by atoms with E-state index in [0.29, 0.717) is 27.8 Å². The van der Waals surface area contributed by atoms with Gasteiger partial charge in [0.25, 0.3) is 0 Å². The molecule has 1 aliphatic rings. The van der Waals surface area contributed by atoms with Gasteiger partial charge in [-0.05, 0) is 18.2 Å². The number of benzene rings is 1. The van der Waals surface area contributed by atoms with Gasteiger partial charge in [0.1, 0.15) is 35.7 Å². The zero-order chi connectivity index (χ0) is 20.7. The Morgan fingerprint density at radius 2 is 1.72 bits per heavy atom. The predicted molar refractivity (Wildman–Crippen MR) is 99.0 cm³/mol. The van der Waals surface area contributed by atoms with Crippen molar-refractivity contribution in [1.29, 1.82) is 0 Å². The van der Waals surface area contributed by atoms with Crippen molar-refractivity contribution in [2.45, 2.75) is 30.7 Å². The van der Waals surface area contributed by atoms with Crippen molar-refractivity contribution in [3.8, 4) is 17.2 Å². The fourth-order valence-electron chi connectivity index (χ4n) is 3.45. The molecule has 10 nitrogen and oxygen atoms in total. The van der Waals surface area contributed by atoms with E-state index in [2.05, 4.69) is 4.98 Å². The number of furan rings is 1. The van der Waals surface area contributed by atoms with Crippen molar-refractivity contribution in [3.63, 3.8) is 0 Å². The summed E-state index contributed by atoms with van der Waals surface area (Å²) in [6, 6.07) is 5.03. The molecule has 1 fully saturated rings. The van der Waals surface area contributed by atoms with Crippen LogP contribution >= 0.6 is 0 Å². The SMILES string of the molecule is COc1c2ccoc2nc2c(OC)c(O[C@H]3O[C@@H](CO)[C@@H](O)[C@@H](O)[C@@H]3O)ccc12. The van der Waals surface area contributed by atoms with Gasteiger partial charge in [0.15, 0.2) is 11.5 Å². The lowest BCUT2D eigenvalue weighted by molar-refractivity contribution is -0.277. The Hall–Kier alpha value is -2.63. The summed E-state index contributed by atoms with van der Waals surface area (Å²) in [6.07, 6.45) is -5.54. The summed E-state index contributed by atoms with van der Waals surface area (Å²) in [5.74, 6) is 0.956. The molecule has 156 valence electrons. The average molecular weight is 407 g/mol. The second-order valence-electron chi connectivity index (χ2n) is 6.59. The second kappa shape index (κ2) is 7.65. The molecule has 4 N–H and O–H groups in total. The molecule has 0 bridgehead atoms. The number of methoxy groups -OCH3 is 2. The number of aliphatic hydroxyl groups excluding tert-OH is 4. The molecule has 0 amide bonds. The summed E-state index contributed by atoms with van der Waals surface area (Å²) in [6.45, 7) is -0.561. The molecule has 1 aliphatic heterocycles. The average Bonchev–Trinajstić information content (AvgIpc) is 3.20. The first-order valence-corrected chi connectivity index (χ1v) is 8.89. The van der Waals surface area contributed by atoms with E-state index in [9.17, 15) is 20.4 Å².